The Morgan fingerprint density at radius 3 is 2.55 bits per heavy atom. The van der Waals surface area contributed by atoms with Crippen molar-refractivity contribution in [3.05, 3.63) is 63.6 Å². The highest BCUT2D eigenvalue weighted by Crippen LogP contribution is 2.17. The van der Waals surface area contributed by atoms with E-state index >= 15 is 0 Å². The third-order valence-corrected chi connectivity index (χ3v) is 3.78. The topological polar surface area (TPSA) is 55.4 Å². The molecule has 0 atom stereocenters. The first-order chi connectivity index (χ1) is 10.5. The van der Waals surface area contributed by atoms with Crippen molar-refractivity contribution in [2.24, 2.45) is 0 Å². The van der Waals surface area contributed by atoms with Gasteiger partial charge in [-0.15, -0.1) is 0 Å². The molecule has 0 radical (unpaired) electrons. The van der Waals surface area contributed by atoms with Gasteiger partial charge in [-0.3, -0.25) is 4.79 Å². The zero-order chi connectivity index (χ0) is 16.1. The number of amides is 1. The van der Waals surface area contributed by atoms with Crippen LogP contribution in [0.2, 0.25) is 0 Å². The van der Waals surface area contributed by atoms with E-state index < -0.39 is 5.97 Å². The zero-order valence-corrected chi connectivity index (χ0v) is 13.9. The van der Waals surface area contributed by atoms with Crippen molar-refractivity contribution < 1.29 is 14.3 Å². The van der Waals surface area contributed by atoms with E-state index in [-0.39, 0.29) is 12.5 Å². The van der Waals surface area contributed by atoms with Crippen molar-refractivity contribution >= 4 is 33.5 Å². The quantitative estimate of drug-likeness (QED) is 0.841. The molecule has 1 amide bonds. The highest BCUT2D eigenvalue weighted by molar-refractivity contribution is 9.10. The van der Waals surface area contributed by atoms with Crippen LogP contribution in [0.3, 0.4) is 0 Å². The molecule has 0 aliphatic rings. The molecule has 0 aliphatic heterocycles. The summed E-state index contributed by atoms with van der Waals surface area (Å²) in [6.07, 6.45) is 0. The fourth-order valence-electron chi connectivity index (χ4n) is 1.98. The van der Waals surface area contributed by atoms with Crippen molar-refractivity contribution in [3.8, 4) is 0 Å². The van der Waals surface area contributed by atoms with Gasteiger partial charge in [0.25, 0.3) is 5.91 Å². The molecule has 2 aromatic carbocycles. The number of benzene rings is 2. The normalized spacial score (nSPS) is 10.1. The molecule has 0 saturated carbocycles. The number of anilines is 1. The summed E-state index contributed by atoms with van der Waals surface area (Å²) in [7, 11) is 0. The molecular weight excluding hydrogens is 346 g/mol. The highest BCUT2D eigenvalue weighted by Gasteiger charge is 2.13. The Morgan fingerprint density at radius 2 is 1.86 bits per heavy atom. The van der Waals surface area contributed by atoms with Crippen LogP contribution in [0.5, 0.6) is 0 Å². The number of hydrogen-bond donors (Lipinski definition) is 1. The van der Waals surface area contributed by atoms with Gasteiger partial charge in [-0.1, -0.05) is 29.8 Å². The first-order valence-electron chi connectivity index (χ1n) is 6.76. The van der Waals surface area contributed by atoms with Crippen molar-refractivity contribution in [3.63, 3.8) is 0 Å². The summed E-state index contributed by atoms with van der Waals surface area (Å²) in [4.78, 5) is 23.8. The van der Waals surface area contributed by atoms with Gasteiger partial charge in [-0.2, -0.15) is 0 Å². The van der Waals surface area contributed by atoms with Gasteiger partial charge < -0.3 is 10.1 Å². The Balaban J connectivity index is 1.93. The van der Waals surface area contributed by atoms with Gasteiger partial charge >= 0.3 is 5.97 Å². The minimum Gasteiger partial charge on any atom is -0.452 e. The second-order valence-corrected chi connectivity index (χ2v) is 5.78. The van der Waals surface area contributed by atoms with Gasteiger partial charge in [0.05, 0.1) is 5.56 Å². The van der Waals surface area contributed by atoms with Gasteiger partial charge in [0, 0.05) is 10.2 Å². The predicted octanol–water partition coefficient (Wildman–Crippen LogP) is 3.86. The van der Waals surface area contributed by atoms with E-state index in [1.807, 2.05) is 32.0 Å². The van der Waals surface area contributed by atoms with Crippen molar-refractivity contribution in [2.75, 3.05) is 11.9 Å². The number of hydrogen-bond acceptors (Lipinski definition) is 3. The van der Waals surface area contributed by atoms with Gasteiger partial charge in [-0.05, 0) is 53.5 Å². The molecule has 4 nitrogen and oxygen atoms in total. The maximum Gasteiger partial charge on any atom is 0.339 e. The van der Waals surface area contributed by atoms with Crippen LogP contribution in [0.25, 0.3) is 0 Å². The first kappa shape index (κ1) is 16.2. The summed E-state index contributed by atoms with van der Waals surface area (Å²) >= 11 is 3.27. The fraction of sp³-hybridized carbons (Fsp3) is 0.176. The van der Waals surface area contributed by atoms with Crippen LogP contribution >= 0.6 is 15.9 Å². The molecule has 0 aromatic heterocycles. The van der Waals surface area contributed by atoms with E-state index in [1.165, 1.54) is 0 Å². The first-order valence-corrected chi connectivity index (χ1v) is 7.55. The molecule has 0 fully saturated rings. The minimum absolute atomic E-state index is 0.326. The molecule has 0 spiro atoms. The number of aryl methyl sites for hydroxylation is 2. The zero-order valence-electron chi connectivity index (χ0n) is 12.4. The van der Waals surface area contributed by atoms with Crippen LogP contribution in [0.15, 0.2) is 46.9 Å². The third kappa shape index (κ3) is 4.18. The lowest BCUT2D eigenvalue weighted by molar-refractivity contribution is -0.119. The molecule has 1 N–H and O–H groups in total. The van der Waals surface area contributed by atoms with Gasteiger partial charge in [0.15, 0.2) is 6.61 Å². The Labute approximate surface area is 137 Å². The number of carbonyl (C=O) groups is 2. The molecule has 0 bridgehead atoms. The second kappa shape index (κ2) is 7.22. The molecule has 2 aromatic rings. The Hall–Kier alpha value is -2.14. The lowest BCUT2D eigenvalue weighted by atomic mass is 10.1. The SMILES string of the molecule is Cc1ccc(NC(=O)COC(=O)c2ccccc2Br)c(C)c1. The Kier molecular flexibility index (Phi) is 5.33. The van der Waals surface area contributed by atoms with Gasteiger partial charge in [0.1, 0.15) is 0 Å². The van der Waals surface area contributed by atoms with Crippen molar-refractivity contribution in [1.82, 2.24) is 0 Å². The lowest BCUT2D eigenvalue weighted by Crippen LogP contribution is -2.21. The molecule has 0 saturated heterocycles. The van der Waals surface area contributed by atoms with Crippen LogP contribution in [-0.4, -0.2) is 18.5 Å². The van der Waals surface area contributed by atoms with Crippen LogP contribution in [0.1, 0.15) is 21.5 Å². The molecule has 114 valence electrons. The summed E-state index contributed by atoms with van der Waals surface area (Å²) in [6.45, 7) is 3.57. The van der Waals surface area contributed by atoms with Crippen LogP contribution in [-0.2, 0) is 9.53 Å². The smallest absolute Gasteiger partial charge is 0.339 e. The summed E-state index contributed by atoms with van der Waals surface area (Å²) in [5.74, 6) is -0.907. The molecule has 0 aliphatic carbocycles. The van der Waals surface area contributed by atoms with E-state index in [0.29, 0.717) is 15.7 Å². The molecule has 2 rings (SSSR count). The number of rotatable bonds is 4. The Bertz CT molecular complexity index is 713. The van der Waals surface area contributed by atoms with Gasteiger partial charge in [-0.25, -0.2) is 4.79 Å². The summed E-state index contributed by atoms with van der Waals surface area (Å²) in [5, 5.41) is 2.73. The van der Waals surface area contributed by atoms with E-state index in [1.54, 1.807) is 24.3 Å². The Morgan fingerprint density at radius 1 is 1.14 bits per heavy atom. The maximum absolute atomic E-state index is 11.9. The average molecular weight is 362 g/mol. The van der Waals surface area contributed by atoms with E-state index in [0.717, 1.165) is 11.1 Å². The number of ether oxygens (including phenoxy) is 1. The fourth-order valence-corrected chi connectivity index (χ4v) is 2.42. The van der Waals surface area contributed by atoms with E-state index in [4.69, 9.17) is 4.74 Å². The summed E-state index contributed by atoms with van der Waals surface area (Å²) < 4.78 is 5.66. The predicted molar refractivity (Wildman–Crippen MR) is 89.0 cm³/mol. The third-order valence-electron chi connectivity index (χ3n) is 3.08. The number of esters is 1. The van der Waals surface area contributed by atoms with E-state index in [2.05, 4.69) is 21.2 Å². The van der Waals surface area contributed by atoms with Crippen molar-refractivity contribution in [1.29, 1.82) is 0 Å². The lowest BCUT2D eigenvalue weighted by Gasteiger charge is -2.10. The van der Waals surface area contributed by atoms with Crippen LogP contribution in [0.4, 0.5) is 5.69 Å². The minimum atomic E-state index is -0.539. The summed E-state index contributed by atoms with van der Waals surface area (Å²) in [5.41, 5.74) is 3.19. The van der Waals surface area contributed by atoms with Gasteiger partial charge in [0.2, 0.25) is 0 Å². The average Bonchev–Trinajstić information content (AvgIpc) is 2.48. The number of carbonyl (C=O) groups excluding carboxylic acids is 2. The maximum atomic E-state index is 11.9. The number of nitrogens with one attached hydrogen (secondary N) is 1. The van der Waals surface area contributed by atoms with Crippen molar-refractivity contribution in [2.45, 2.75) is 13.8 Å². The molecule has 5 heteroatoms. The molecular formula is C17H16BrNO3. The summed E-state index contributed by atoms with van der Waals surface area (Å²) in [6, 6.07) is 12.6. The second-order valence-electron chi connectivity index (χ2n) is 4.92. The van der Waals surface area contributed by atoms with Crippen LogP contribution in [0, 0.1) is 13.8 Å². The van der Waals surface area contributed by atoms with Crippen LogP contribution < -0.4 is 5.32 Å². The molecule has 22 heavy (non-hydrogen) atoms. The monoisotopic (exact) mass is 361 g/mol. The molecule has 0 heterocycles. The standard InChI is InChI=1S/C17H16BrNO3/c1-11-7-8-15(12(2)9-11)19-16(20)10-22-17(21)13-5-3-4-6-14(13)18/h3-9H,10H2,1-2H3,(H,19,20). The number of halogens is 1. The molecule has 0 unspecified atom stereocenters. The van der Waals surface area contributed by atoms with E-state index in [9.17, 15) is 9.59 Å². The highest BCUT2D eigenvalue weighted by atomic mass is 79.9. The largest absolute Gasteiger partial charge is 0.452 e.